The molecule has 3 nitrogen and oxygen atoms in total. The minimum atomic E-state index is 0.196. The molecule has 1 aromatic rings. The van der Waals surface area contributed by atoms with Crippen LogP contribution in [0, 0.1) is 43.4 Å². The van der Waals surface area contributed by atoms with Gasteiger partial charge in [0.2, 0.25) is 0 Å². The van der Waals surface area contributed by atoms with E-state index in [-0.39, 0.29) is 5.57 Å². The summed E-state index contributed by atoms with van der Waals surface area (Å²) in [4.78, 5) is 4.04. The van der Waals surface area contributed by atoms with E-state index < -0.39 is 0 Å². The number of rotatable bonds is 3. The zero-order valence-electron chi connectivity index (χ0n) is 10.5. The van der Waals surface area contributed by atoms with Crippen LogP contribution >= 0.6 is 11.8 Å². The van der Waals surface area contributed by atoms with Crippen molar-refractivity contribution in [3.8, 4) is 12.1 Å². The van der Waals surface area contributed by atoms with Gasteiger partial charge in [0.25, 0.3) is 0 Å². The van der Waals surface area contributed by atoms with Crippen molar-refractivity contribution in [1.82, 2.24) is 4.98 Å². The summed E-state index contributed by atoms with van der Waals surface area (Å²) in [6.07, 6.45) is 0. The lowest BCUT2D eigenvalue weighted by atomic mass is 10.1. The summed E-state index contributed by atoms with van der Waals surface area (Å²) >= 11 is 1.54. The summed E-state index contributed by atoms with van der Waals surface area (Å²) in [6.45, 7) is 7.99. The Labute approximate surface area is 106 Å². The molecule has 1 aromatic heterocycles. The maximum atomic E-state index is 9.02. The molecule has 0 saturated carbocycles. The first-order valence-corrected chi connectivity index (χ1v) is 6.38. The van der Waals surface area contributed by atoms with E-state index >= 15 is 0 Å². The number of H-pyrrole nitrogens is 1. The second kappa shape index (κ2) is 5.61. The Hall–Kier alpha value is -1.65. The summed E-state index contributed by atoms with van der Waals surface area (Å²) < 4.78 is 0. The van der Waals surface area contributed by atoms with Gasteiger partial charge in [-0.05, 0) is 32.1 Å². The largest absolute Gasteiger partial charge is 0.362 e. The Bertz CT molecular complexity index is 522. The molecule has 1 heterocycles. The van der Waals surface area contributed by atoms with Crippen molar-refractivity contribution in [2.45, 2.75) is 27.7 Å². The van der Waals surface area contributed by atoms with Gasteiger partial charge in [0, 0.05) is 21.9 Å². The molecule has 17 heavy (non-hydrogen) atoms. The molecular formula is C13H15N3S. The third-order valence-electron chi connectivity index (χ3n) is 2.65. The summed E-state index contributed by atoms with van der Waals surface area (Å²) in [7, 11) is 0. The Morgan fingerprint density at radius 3 is 2.12 bits per heavy atom. The van der Waals surface area contributed by atoms with Crippen LogP contribution in [0.15, 0.2) is 5.57 Å². The number of hydrogen-bond donors (Lipinski definition) is 1. The van der Waals surface area contributed by atoms with E-state index in [0.717, 1.165) is 33.2 Å². The maximum Gasteiger partial charge on any atom is 0.143 e. The van der Waals surface area contributed by atoms with Crippen molar-refractivity contribution in [3.63, 3.8) is 0 Å². The fourth-order valence-electron chi connectivity index (χ4n) is 1.79. The van der Waals surface area contributed by atoms with Crippen LogP contribution in [0.3, 0.4) is 0 Å². The van der Waals surface area contributed by atoms with Gasteiger partial charge < -0.3 is 4.98 Å². The molecule has 0 unspecified atom stereocenters. The van der Waals surface area contributed by atoms with E-state index in [1.165, 1.54) is 0 Å². The Balaban J connectivity index is 3.51. The van der Waals surface area contributed by atoms with Gasteiger partial charge >= 0.3 is 0 Å². The first-order valence-electron chi connectivity index (χ1n) is 5.40. The molecule has 0 spiro atoms. The zero-order chi connectivity index (χ0) is 13.0. The van der Waals surface area contributed by atoms with Gasteiger partial charge in [0.1, 0.15) is 17.7 Å². The number of aromatic nitrogens is 1. The smallest absolute Gasteiger partial charge is 0.143 e. The molecule has 0 aliphatic heterocycles. The van der Waals surface area contributed by atoms with E-state index in [1.807, 2.05) is 39.8 Å². The van der Waals surface area contributed by atoms with Gasteiger partial charge in [-0.25, -0.2) is 0 Å². The molecule has 0 atom stereocenters. The number of nitriles is 2. The first kappa shape index (κ1) is 13.4. The van der Waals surface area contributed by atoms with Gasteiger partial charge in [0.15, 0.2) is 0 Å². The van der Waals surface area contributed by atoms with E-state index in [0.29, 0.717) is 0 Å². The van der Waals surface area contributed by atoms with Crippen molar-refractivity contribution in [3.05, 3.63) is 28.1 Å². The highest BCUT2D eigenvalue weighted by atomic mass is 32.2. The highest BCUT2D eigenvalue weighted by molar-refractivity contribution is 8.08. The highest BCUT2D eigenvalue weighted by Crippen LogP contribution is 2.35. The number of aromatic amines is 1. The van der Waals surface area contributed by atoms with Gasteiger partial charge in [-0.15, -0.1) is 11.8 Å². The Morgan fingerprint density at radius 1 is 1.18 bits per heavy atom. The predicted molar refractivity (Wildman–Crippen MR) is 71.3 cm³/mol. The maximum absolute atomic E-state index is 9.02. The first-order chi connectivity index (χ1) is 8.06. The second-order valence-electron chi connectivity index (χ2n) is 3.74. The van der Waals surface area contributed by atoms with Crippen molar-refractivity contribution in [2.75, 3.05) is 5.75 Å². The predicted octanol–water partition coefficient (Wildman–Crippen LogP) is 3.45. The minimum absolute atomic E-state index is 0.196. The molecule has 0 aliphatic rings. The molecule has 4 heteroatoms. The van der Waals surface area contributed by atoms with Crippen LogP contribution in [0.25, 0.3) is 4.91 Å². The normalized spacial score (nSPS) is 9.53. The third-order valence-corrected chi connectivity index (χ3v) is 3.64. The molecule has 0 amide bonds. The Kier molecular flexibility index (Phi) is 4.43. The molecule has 0 aliphatic carbocycles. The number of hydrogen-bond acceptors (Lipinski definition) is 3. The molecule has 0 saturated heterocycles. The lowest BCUT2D eigenvalue weighted by molar-refractivity contribution is 1.17. The topological polar surface area (TPSA) is 63.4 Å². The van der Waals surface area contributed by atoms with Crippen molar-refractivity contribution < 1.29 is 0 Å². The zero-order valence-corrected chi connectivity index (χ0v) is 11.3. The molecular weight excluding hydrogens is 230 g/mol. The van der Waals surface area contributed by atoms with Crippen LogP contribution in [0.2, 0.25) is 0 Å². The molecule has 0 radical (unpaired) electrons. The Morgan fingerprint density at radius 2 is 1.76 bits per heavy atom. The average Bonchev–Trinajstić information content (AvgIpc) is 2.54. The van der Waals surface area contributed by atoms with Crippen LogP contribution in [0.5, 0.6) is 0 Å². The quantitative estimate of drug-likeness (QED) is 0.829. The van der Waals surface area contributed by atoms with Crippen LogP contribution in [0.1, 0.15) is 29.4 Å². The molecule has 0 aromatic carbocycles. The van der Waals surface area contributed by atoms with Crippen LogP contribution < -0.4 is 0 Å². The molecule has 0 bridgehead atoms. The third kappa shape index (κ3) is 2.54. The summed E-state index contributed by atoms with van der Waals surface area (Å²) in [5.74, 6) is 0.839. The van der Waals surface area contributed by atoms with E-state index in [9.17, 15) is 0 Å². The van der Waals surface area contributed by atoms with E-state index in [2.05, 4.69) is 4.98 Å². The second-order valence-corrected chi connectivity index (χ2v) is 5.01. The van der Waals surface area contributed by atoms with Crippen LogP contribution in [0.4, 0.5) is 0 Å². The van der Waals surface area contributed by atoms with Crippen LogP contribution in [-0.4, -0.2) is 10.7 Å². The van der Waals surface area contributed by atoms with Gasteiger partial charge in [0.05, 0.1) is 0 Å². The lowest BCUT2D eigenvalue weighted by Gasteiger charge is -2.07. The van der Waals surface area contributed by atoms with Gasteiger partial charge in [-0.3, -0.25) is 0 Å². The SMILES string of the molecule is CCSC(=C(C#N)C#N)c1c(C)[nH]c(C)c1C. The number of aryl methyl sites for hydroxylation is 2. The number of thioether (sulfide) groups is 1. The van der Waals surface area contributed by atoms with Crippen molar-refractivity contribution in [2.24, 2.45) is 0 Å². The lowest BCUT2D eigenvalue weighted by Crippen LogP contribution is -1.90. The van der Waals surface area contributed by atoms with E-state index in [1.54, 1.807) is 11.8 Å². The molecule has 1 rings (SSSR count). The molecule has 88 valence electrons. The summed E-state index contributed by atoms with van der Waals surface area (Å²) in [5.41, 5.74) is 4.41. The fourth-order valence-corrected chi connectivity index (χ4v) is 2.76. The summed E-state index contributed by atoms with van der Waals surface area (Å²) in [5, 5.41) is 18.0. The summed E-state index contributed by atoms with van der Waals surface area (Å²) in [6, 6.07) is 3.97. The minimum Gasteiger partial charge on any atom is -0.362 e. The number of allylic oxidation sites excluding steroid dienone is 1. The monoisotopic (exact) mass is 245 g/mol. The van der Waals surface area contributed by atoms with Crippen molar-refractivity contribution >= 4 is 16.7 Å². The number of nitrogens with zero attached hydrogens (tertiary/aromatic N) is 2. The molecule has 1 N–H and O–H groups in total. The number of nitrogens with one attached hydrogen (secondary N) is 1. The fraction of sp³-hybridized carbons (Fsp3) is 0.385. The van der Waals surface area contributed by atoms with Gasteiger partial charge in [-0.1, -0.05) is 6.92 Å². The van der Waals surface area contributed by atoms with E-state index in [4.69, 9.17) is 10.5 Å². The van der Waals surface area contributed by atoms with Crippen molar-refractivity contribution in [1.29, 1.82) is 10.5 Å². The molecule has 0 fully saturated rings. The standard InChI is InChI=1S/C13H15N3S/c1-5-17-13(11(6-14)7-15)12-8(2)9(3)16-10(12)4/h16H,5H2,1-4H3. The average molecular weight is 245 g/mol. The highest BCUT2D eigenvalue weighted by Gasteiger charge is 2.17. The van der Waals surface area contributed by atoms with Crippen LogP contribution in [-0.2, 0) is 0 Å². The van der Waals surface area contributed by atoms with Gasteiger partial charge in [-0.2, -0.15) is 10.5 Å².